The maximum Gasteiger partial charge on any atom is 0.356 e. The molecule has 14 heavy (non-hydrogen) atoms. The van der Waals surface area contributed by atoms with E-state index in [1.54, 1.807) is 0 Å². The van der Waals surface area contributed by atoms with Crippen LogP contribution in [0.25, 0.3) is 11.0 Å². The van der Waals surface area contributed by atoms with Crippen molar-refractivity contribution in [2.45, 2.75) is 20.4 Å². The Kier molecular flexibility index (Phi) is 1.40. The van der Waals surface area contributed by atoms with Gasteiger partial charge in [0.15, 0.2) is 0 Å². The van der Waals surface area contributed by atoms with Gasteiger partial charge < -0.3 is 0 Å². The summed E-state index contributed by atoms with van der Waals surface area (Å²) in [6, 6.07) is 4.48. The molecule has 0 unspecified atom stereocenters. The second-order valence-electron chi connectivity index (χ2n) is 4.01. The smallest absolute Gasteiger partial charge is 0.274 e. The molecule has 0 aliphatic carbocycles. The molecule has 1 aromatic carbocycles. The second-order valence-corrected chi connectivity index (χ2v) is 4.01. The van der Waals surface area contributed by atoms with Gasteiger partial charge in [0.2, 0.25) is 0 Å². The van der Waals surface area contributed by atoms with Crippen LogP contribution < -0.4 is 9.88 Å². The van der Waals surface area contributed by atoms with Crippen LogP contribution in [0.3, 0.4) is 0 Å². The molecular weight excluding hydrogens is 174 g/mol. The number of H-pyrrole nitrogens is 1. The monoisotopic (exact) mass is 188 g/mol. The van der Waals surface area contributed by atoms with E-state index in [4.69, 9.17) is 0 Å². The average Bonchev–Trinajstić information content (AvgIpc) is 2.68. The van der Waals surface area contributed by atoms with Gasteiger partial charge in [0, 0.05) is 0 Å². The topological polar surface area (TPSA) is 31.7 Å². The quantitative estimate of drug-likeness (QED) is 0.603. The van der Waals surface area contributed by atoms with Gasteiger partial charge in [-0.3, -0.25) is 5.32 Å². The van der Waals surface area contributed by atoms with E-state index in [0.717, 1.165) is 19.0 Å². The molecule has 0 fully saturated rings. The first-order valence-electron chi connectivity index (χ1n) is 5.02. The first kappa shape index (κ1) is 7.85. The average molecular weight is 188 g/mol. The lowest BCUT2D eigenvalue weighted by atomic mass is 10.1. The number of hydrogen-bond acceptors (Lipinski definition) is 1. The standard InChI is InChI=1S/C11H13N3/c1-7-5-9-10(6-8(7)2)14-4-3-12-11(14)13-9/h5-6H,3-4H2,1-2H3,(H,12,13)/p+1. The highest BCUT2D eigenvalue weighted by Gasteiger charge is 2.22. The molecule has 0 atom stereocenters. The maximum atomic E-state index is 3.40. The lowest BCUT2D eigenvalue weighted by molar-refractivity contribution is -0.643. The van der Waals surface area contributed by atoms with E-state index in [1.165, 1.54) is 22.2 Å². The zero-order valence-electron chi connectivity index (χ0n) is 8.52. The normalized spacial score (nSPS) is 14.4. The minimum Gasteiger partial charge on any atom is -0.274 e. The predicted octanol–water partition coefficient (Wildman–Crippen LogP) is 1.50. The highest BCUT2D eigenvalue weighted by atomic mass is 15.3. The minimum absolute atomic E-state index is 1.04. The Morgan fingerprint density at radius 3 is 2.86 bits per heavy atom. The number of aromatic amines is 1. The fraction of sp³-hybridized carbons (Fsp3) is 0.364. The van der Waals surface area contributed by atoms with Crippen molar-refractivity contribution in [3.05, 3.63) is 23.3 Å². The van der Waals surface area contributed by atoms with Crippen molar-refractivity contribution in [2.75, 3.05) is 11.9 Å². The van der Waals surface area contributed by atoms with E-state index in [1.807, 2.05) is 0 Å². The summed E-state index contributed by atoms with van der Waals surface area (Å²) in [5.41, 5.74) is 5.25. The van der Waals surface area contributed by atoms with Crippen molar-refractivity contribution in [2.24, 2.45) is 0 Å². The number of nitrogens with zero attached hydrogens (tertiary/aromatic N) is 1. The molecule has 2 N–H and O–H groups in total. The fourth-order valence-electron chi connectivity index (χ4n) is 2.10. The number of imidazole rings is 1. The van der Waals surface area contributed by atoms with Gasteiger partial charge >= 0.3 is 5.95 Å². The van der Waals surface area contributed by atoms with Crippen LogP contribution in [0, 0.1) is 13.8 Å². The third-order valence-electron chi connectivity index (χ3n) is 3.05. The van der Waals surface area contributed by atoms with Gasteiger partial charge in [-0.2, -0.15) is 0 Å². The van der Waals surface area contributed by atoms with Crippen molar-refractivity contribution >= 4 is 17.0 Å². The lowest BCUT2D eigenvalue weighted by Gasteiger charge is -1.98. The zero-order chi connectivity index (χ0) is 9.71. The molecule has 0 saturated carbocycles. The van der Waals surface area contributed by atoms with Gasteiger partial charge in [0.1, 0.15) is 17.6 Å². The van der Waals surface area contributed by atoms with Crippen molar-refractivity contribution in [3.63, 3.8) is 0 Å². The largest absolute Gasteiger partial charge is 0.356 e. The number of benzene rings is 1. The lowest BCUT2D eigenvalue weighted by Crippen LogP contribution is -2.29. The summed E-state index contributed by atoms with van der Waals surface area (Å²) in [6.07, 6.45) is 0. The molecule has 1 aromatic heterocycles. The maximum absolute atomic E-state index is 3.40. The summed E-state index contributed by atoms with van der Waals surface area (Å²) in [5, 5.41) is 3.34. The third kappa shape index (κ3) is 0.895. The van der Waals surface area contributed by atoms with Gasteiger partial charge in [-0.05, 0) is 37.1 Å². The van der Waals surface area contributed by atoms with E-state index in [0.29, 0.717) is 0 Å². The number of aryl methyl sites for hydroxylation is 2. The van der Waals surface area contributed by atoms with Gasteiger partial charge in [-0.25, -0.2) is 9.55 Å². The Morgan fingerprint density at radius 2 is 2.00 bits per heavy atom. The third-order valence-corrected chi connectivity index (χ3v) is 3.05. The second kappa shape index (κ2) is 2.50. The van der Waals surface area contributed by atoms with Gasteiger partial charge in [-0.1, -0.05) is 0 Å². The van der Waals surface area contributed by atoms with Gasteiger partial charge in [0.05, 0.1) is 6.54 Å². The number of anilines is 1. The number of aromatic nitrogens is 2. The Bertz CT molecular complexity index is 511. The number of hydrogen-bond donors (Lipinski definition) is 2. The summed E-state index contributed by atoms with van der Waals surface area (Å²) < 4.78 is 2.31. The number of fused-ring (bicyclic) bond motifs is 3. The molecule has 3 rings (SSSR count). The van der Waals surface area contributed by atoms with Crippen LogP contribution in [-0.4, -0.2) is 11.5 Å². The van der Waals surface area contributed by atoms with Crippen LogP contribution in [0.2, 0.25) is 0 Å². The van der Waals surface area contributed by atoms with Crippen molar-refractivity contribution in [1.82, 2.24) is 4.98 Å². The molecule has 0 amide bonds. The Balaban J connectivity index is 2.39. The van der Waals surface area contributed by atoms with E-state index >= 15 is 0 Å². The van der Waals surface area contributed by atoms with E-state index in [9.17, 15) is 0 Å². The van der Waals surface area contributed by atoms with Crippen molar-refractivity contribution in [1.29, 1.82) is 0 Å². The van der Waals surface area contributed by atoms with Crippen LogP contribution in [0.1, 0.15) is 11.1 Å². The highest BCUT2D eigenvalue weighted by molar-refractivity contribution is 5.75. The summed E-state index contributed by atoms with van der Waals surface area (Å²) in [7, 11) is 0. The molecule has 2 aromatic rings. The van der Waals surface area contributed by atoms with E-state index in [-0.39, 0.29) is 0 Å². The fourth-order valence-corrected chi connectivity index (χ4v) is 2.10. The van der Waals surface area contributed by atoms with Crippen LogP contribution in [0.15, 0.2) is 12.1 Å². The van der Waals surface area contributed by atoms with Gasteiger partial charge in [-0.15, -0.1) is 0 Å². The van der Waals surface area contributed by atoms with Crippen molar-refractivity contribution < 1.29 is 4.57 Å². The summed E-state index contributed by atoms with van der Waals surface area (Å²) in [4.78, 5) is 3.40. The van der Waals surface area contributed by atoms with Crippen LogP contribution in [-0.2, 0) is 6.54 Å². The van der Waals surface area contributed by atoms with E-state index in [2.05, 4.69) is 40.8 Å². The Morgan fingerprint density at radius 1 is 1.21 bits per heavy atom. The minimum atomic E-state index is 1.04. The SMILES string of the molecule is Cc1cc2[nH]c3[n+](c2cc1C)CCN3. The molecule has 0 spiro atoms. The van der Waals surface area contributed by atoms with Gasteiger partial charge in [0.25, 0.3) is 0 Å². The molecule has 3 nitrogen and oxygen atoms in total. The zero-order valence-corrected chi connectivity index (χ0v) is 8.52. The molecular formula is C11H14N3+. The number of rotatable bonds is 0. The predicted molar refractivity (Wildman–Crippen MR) is 56.5 cm³/mol. The molecule has 1 aliphatic heterocycles. The van der Waals surface area contributed by atoms with Crippen LogP contribution >= 0.6 is 0 Å². The summed E-state index contributed by atoms with van der Waals surface area (Å²) in [5.74, 6) is 1.14. The highest BCUT2D eigenvalue weighted by Crippen LogP contribution is 2.19. The molecule has 3 heteroatoms. The van der Waals surface area contributed by atoms with Crippen LogP contribution in [0.4, 0.5) is 5.95 Å². The first-order valence-corrected chi connectivity index (χ1v) is 5.02. The molecule has 2 heterocycles. The Hall–Kier alpha value is -1.51. The molecule has 0 radical (unpaired) electrons. The number of nitrogens with one attached hydrogen (secondary N) is 2. The Labute approximate surface area is 82.8 Å². The molecule has 0 bridgehead atoms. The summed E-state index contributed by atoms with van der Waals surface area (Å²) in [6.45, 7) is 6.42. The molecule has 1 aliphatic rings. The molecule has 72 valence electrons. The van der Waals surface area contributed by atoms with Crippen molar-refractivity contribution in [3.8, 4) is 0 Å². The summed E-state index contributed by atoms with van der Waals surface area (Å²) >= 11 is 0. The van der Waals surface area contributed by atoms with E-state index < -0.39 is 0 Å². The first-order chi connectivity index (χ1) is 6.75. The van der Waals surface area contributed by atoms with Crippen LogP contribution in [0.5, 0.6) is 0 Å². The molecule has 0 saturated heterocycles.